The molecule has 2 rings (SSSR count). The van der Waals surface area contributed by atoms with E-state index in [2.05, 4.69) is 16.4 Å². The third-order valence-corrected chi connectivity index (χ3v) is 3.72. The normalized spacial score (nSPS) is 12.4. The fraction of sp³-hybridized carbons (Fsp3) is 0.357. The van der Waals surface area contributed by atoms with Crippen molar-refractivity contribution in [2.24, 2.45) is 5.73 Å². The lowest BCUT2D eigenvalue weighted by atomic mass is 10.0. The van der Waals surface area contributed by atoms with E-state index in [9.17, 15) is 0 Å². The molecule has 0 bridgehead atoms. The van der Waals surface area contributed by atoms with Crippen LogP contribution in [0.25, 0.3) is 0 Å². The molecular formula is C14H18N2OS. The summed E-state index contributed by atoms with van der Waals surface area (Å²) in [6.07, 6.45) is 1.67. The molecule has 96 valence electrons. The highest BCUT2D eigenvalue weighted by molar-refractivity contribution is 7.09. The SMILES string of the molecule is COc1cccc(CC(N)Cc2nc(C)cs2)c1. The minimum Gasteiger partial charge on any atom is -0.497 e. The maximum atomic E-state index is 6.16. The Hall–Kier alpha value is -1.39. The van der Waals surface area contributed by atoms with Crippen LogP contribution >= 0.6 is 11.3 Å². The molecule has 2 aromatic rings. The van der Waals surface area contributed by atoms with E-state index in [1.54, 1.807) is 18.4 Å². The standard InChI is InChI=1S/C14H18N2OS/c1-10-9-18-14(16-10)8-12(15)6-11-4-3-5-13(7-11)17-2/h3-5,7,9,12H,6,8,15H2,1-2H3. The number of hydrogen-bond acceptors (Lipinski definition) is 4. The number of rotatable bonds is 5. The fourth-order valence-electron chi connectivity index (χ4n) is 1.90. The quantitative estimate of drug-likeness (QED) is 0.901. The molecule has 0 saturated heterocycles. The van der Waals surface area contributed by atoms with Gasteiger partial charge >= 0.3 is 0 Å². The summed E-state index contributed by atoms with van der Waals surface area (Å²) < 4.78 is 5.21. The molecule has 0 aliphatic heterocycles. The van der Waals surface area contributed by atoms with Gasteiger partial charge in [0.15, 0.2) is 0 Å². The molecule has 18 heavy (non-hydrogen) atoms. The number of methoxy groups -OCH3 is 1. The van der Waals surface area contributed by atoms with Crippen molar-refractivity contribution in [3.63, 3.8) is 0 Å². The number of benzene rings is 1. The number of hydrogen-bond donors (Lipinski definition) is 1. The number of thiazole rings is 1. The number of ether oxygens (including phenoxy) is 1. The average molecular weight is 262 g/mol. The van der Waals surface area contributed by atoms with E-state index in [0.717, 1.165) is 29.3 Å². The highest BCUT2D eigenvalue weighted by Gasteiger charge is 2.08. The van der Waals surface area contributed by atoms with Crippen molar-refractivity contribution in [2.45, 2.75) is 25.8 Å². The van der Waals surface area contributed by atoms with Crippen LogP contribution in [0.3, 0.4) is 0 Å². The molecule has 0 amide bonds. The van der Waals surface area contributed by atoms with Crippen molar-refractivity contribution in [1.82, 2.24) is 4.98 Å². The predicted octanol–water partition coefficient (Wildman–Crippen LogP) is 2.57. The molecule has 1 atom stereocenters. The Bertz CT molecular complexity index is 510. The third kappa shape index (κ3) is 3.55. The average Bonchev–Trinajstić information content (AvgIpc) is 2.74. The Balaban J connectivity index is 1.96. The van der Waals surface area contributed by atoms with Crippen molar-refractivity contribution < 1.29 is 4.74 Å². The van der Waals surface area contributed by atoms with Gasteiger partial charge in [-0.2, -0.15) is 0 Å². The highest BCUT2D eigenvalue weighted by atomic mass is 32.1. The minimum absolute atomic E-state index is 0.0997. The van der Waals surface area contributed by atoms with Crippen LogP contribution in [0.15, 0.2) is 29.6 Å². The van der Waals surface area contributed by atoms with Gasteiger partial charge in [-0.3, -0.25) is 0 Å². The van der Waals surface area contributed by atoms with Crippen LogP contribution in [0.4, 0.5) is 0 Å². The summed E-state index contributed by atoms with van der Waals surface area (Å²) in [5, 5.41) is 3.18. The van der Waals surface area contributed by atoms with Gasteiger partial charge in [0.1, 0.15) is 5.75 Å². The van der Waals surface area contributed by atoms with Crippen molar-refractivity contribution >= 4 is 11.3 Å². The van der Waals surface area contributed by atoms with Crippen LogP contribution in [0, 0.1) is 6.92 Å². The van der Waals surface area contributed by atoms with Gasteiger partial charge in [0.05, 0.1) is 12.1 Å². The largest absolute Gasteiger partial charge is 0.497 e. The van der Waals surface area contributed by atoms with Gasteiger partial charge in [-0.25, -0.2) is 4.98 Å². The van der Waals surface area contributed by atoms with E-state index in [1.165, 1.54) is 5.56 Å². The van der Waals surface area contributed by atoms with Gasteiger partial charge < -0.3 is 10.5 Å². The van der Waals surface area contributed by atoms with Crippen LogP contribution in [-0.4, -0.2) is 18.1 Å². The predicted molar refractivity (Wildman–Crippen MR) is 75.2 cm³/mol. The summed E-state index contributed by atoms with van der Waals surface area (Å²) in [5.74, 6) is 0.879. The molecule has 0 fully saturated rings. The molecule has 0 aliphatic rings. The van der Waals surface area contributed by atoms with Crippen LogP contribution in [0.5, 0.6) is 5.75 Å². The number of nitrogens with zero attached hydrogens (tertiary/aromatic N) is 1. The Morgan fingerprint density at radius 3 is 2.89 bits per heavy atom. The molecule has 0 radical (unpaired) electrons. The first-order valence-corrected chi connectivity index (χ1v) is 6.85. The zero-order chi connectivity index (χ0) is 13.0. The topological polar surface area (TPSA) is 48.1 Å². The van der Waals surface area contributed by atoms with Gasteiger partial charge in [-0.15, -0.1) is 11.3 Å². The van der Waals surface area contributed by atoms with Crippen LogP contribution in [0.2, 0.25) is 0 Å². The summed E-state index contributed by atoms with van der Waals surface area (Å²) in [6.45, 7) is 2.01. The Kier molecular flexibility index (Phi) is 4.33. The summed E-state index contributed by atoms with van der Waals surface area (Å²) >= 11 is 1.68. The third-order valence-electron chi connectivity index (χ3n) is 2.74. The molecular weight excluding hydrogens is 244 g/mol. The molecule has 0 spiro atoms. The Labute approximate surface area is 112 Å². The van der Waals surface area contributed by atoms with Gasteiger partial charge in [0.25, 0.3) is 0 Å². The van der Waals surface area contributed by atoms with Crippen LogP contribution in [0.1, 0.15) is 16.3 Å². The first-order valence-electron chi connectivity index (χ1n) is 5.97. The number of nitrogens with two attached hydrogens (primary N) is 1. The second kappa shape index (κ2) is 5.98. The monoisotopic (exact) mass is 262 g/mol. The highest BCUT2D eigenvalue weighted by Crippen LogP contribution is 2.16. The Morgan fingerprint density at radius 1 is 1.39 bits per heavy atom. The van der Waals surface area contributed by atoms with Gasteiger partial charge in [-0.1, -0.05) is 12.1 Å². The lowest BCUT2D eigenvalue weighted by molar-refractivity contribution is 0.414. The lowest BCUT2D eigenvalue weighted by Crippen LogP contribution is -2.25. The smallest absolute Gasteiger partial charge is 0.119 e. The first kappa shape index (κ1) is 13.1. The van der Waals surface area contributed by atoms with E-state index in [0.29, 0.717) is 0 Å². The summed E-state index contributed by atoms with van der Waals surface area (Å²) in [4.78, 5) is 4.44. The van der Waals surface area contributed by atoms with E-state index < -0.39 is 0 Å². The van der Waals surface area contributed by atoms with Crippen molar-refractivity contribution in [2.75, 3.05) is 7.11 Å². The second-order valence-corrected chi connectivity index (χ2v) is 5.35. The minimum atomic E-state index is 0.0997. The van der Waals surface area contributed by atoms with E-state index in [1.807, 2.05) is 25.1 Å². The maximum absolute atomic E-state index is 6.16. The number of aromatic nitrogens is 1. The molecule has 2 N–H and O–H groups in total. The molecule has 1 heterocycles. The van der Waals surface area contributed by atoms with Crippen molar-refractivity contribution in [3.8, 4) is 5.75 Å². The number of aryl methyl sites for hydroxylation is 1. The van der Waals surface area contributed by atoms with Crippen molar-refractivity contribution in [1.29, 1.82) is 0 Å². The van der Waals surface area contributed by atoms with Crippen LogP contribution < -0.4 is 10.5 Å². The van der Waals surface area contributed by atoms with E-state index in [-0.39, 0.29) is 6.04 Å². The molecule has 4 heteroatoms. The zero-order valence-corrected chi connectivity index (χ0v) is 11.5. The molecule has 3 nitrogen and oxygen atoms in total. The molecule has 0 saturated carbocycles. The van der Waals surface area contributed by atoms with Gasteiger partial charge in [0.2, 0.25) is 0 Å². The zero-order valence-electron chi connectivity index (χ0n) is 10.7. The van der Waals surface area contributed by atoms with E-state index >= 15 is 0 Å². The van der Waals surface area contributed by atoms with E-state index in [4.69, 9.17) is 10.5 Å². The fourth-order valence-corrected chi connectivity index (χ4v) is 2.76. The Morgan fingerprint density at radius 2 is 2.22 bits per heavy atom. The first-order chi connectivity index (χ1) is 8.67. The molecule has 0 aliphatic carbocycles. The molecule has 1 aromatic carbocycles. The summed E-state index contributed by atoms with van der Waals surface area (Å²) in [5.41, 5.74) is 8.44. The summed E-state index contributed by atoms with van der Waals surface area (Å²) in [7, 11) is 1.68. The molecule has 1 aromatic heterocycles. The maximum Gasteiger partial charge on any atom is 0.119 e. The second-order valence-electron chi connectivity index (χ2n) is 4.40. The van der Waals surface area contributed by atoms with Crippen molar-refractivity contribution in [3.05, 3.63) is 45.9 Å². The lowest BCUT2D eigenvalue weighted by Gasteiger charge is -2.10. The van der Waals surface area contributed by atoms with Gasteiger partial charge in [-0.05, 0) is 31.0 Å². The summed E-state index contributed by atoms with van der Waals surface area (Å²) in [6, 6.07) is 8.15. The van der Waals surface area contributed by atoms with Gasteiger partial charge in [0, 0.05) is 23.5 Å². The van der Waals surface area contributed by atoms with Crippen LogP contribution in [-0.2, 0) is 12.8 Å². The molecule has 1 unspecified atom stereocenters.